The molecule has 0 bridgehead atoms. The van der Waals surface area contributed by atoms with Crippen molar-refractivity contribution in [3.63, 3.8) is 0 Å². The van der Waals surface area contributed by atoms with Crippen LogP contribution in [-0.4, -0.2) is 4.98 Å². The van der Waals surface area contributed by atoms with Crippen molar-refractivity contribution in [2.75, 3.05) is 5.43 Å². The van der Waals surface area contributed by atoms with Gasteiger partial charge < -0.3 is 10.2 Å². The molecule has 0 unspecified atom stereocenters. The molecule has 1 heterocycles. The second-order valence-electron chi connectivity index (χ2n) is 3.68. The van der Waals surface area contributed by atoms with Crippen molar-refractivity contribution in [3.05, 3.63) is 52.1 Å². The minimum Gasteiger partial charge on any atom is -0.486 e. The van der Waals surface area contributed by atoms with Crippen LogP contribution in [0, 0.1) is 11.6 Å². The number of ether oxygens (including phenoxy) is 1. The second kappa shape index (κ2) is 5.94. The number of aromatic nitrogens is 1. The first kappa shape index (κ1) is 13.7. The number of hydrazine groups is 1. The molecule has 7 heteroatoms. The molecule has 1 aromatic carbocycles. The molecular formula is C12H10BrF2N3O. The molecule has 0 amide bonds. The summed E-state index contributed by atoms with van der Waals surface area (Å²) < 4.78 is 32.3. The van der Waals surface area contributed by atoms with E-state index in [0.717, 1.165) is 11.6 Å². The number of nitrogens with one attached hydrogen (secondary N) is 1. The first-order chi connectivity index (χ1) is 9.10. The highest BCUT2D eigenvalue weighted by Crippen LogP contribution is 2.26. The molecular weight excluding hydrogens is 320 g/mol. The van der Waals surface area contributed by atoms with Crippen LogP contribution in [0.4, 0.5) is 14.6 Å². The minimum atomic E-state index is -1.02. The predicted octanol–water partition coefficient (Wildman–Crippen LogP) is 2.99. The molecule has 0 aliphatic rings. The first-order valence-electron chi connectivity index (χ1n) is 5.29. The Morgan fingerprint density at radius 1 is 1.32 bits per heavy atom. The smallest absolute Gasteiger partial charge is 0.200 e. The van der Waals surface area contributed by atoms with E-state index in [0.29, 0.717) is 10.3 Å². The van der Waals surface area contributed by atoms with Crippen LogP contribution < -0.4 is 16.0 Å². The van der Waals surface area contributed by atoms with Crippen LogP contribution in [0.5, 0.6) is 5.75 Å². The lowest BCUT2D eigenvalue weighted by molar-refractivity contribution is 0.284. The van der Waals surface area contributed by atoms with Crippen LogP contribution in [0.2, 0.25) is 0 Å². The number of nitrogens with zero attached hydrogens (tertiary/aromatic N) is 1. The maximum Gasteiger partial charge on any atom is 0.200 e. The Labute approximate surface area is 116 Å². The van der Waals surface area contributed by atoms with Gasteiger partial charge in [-0.1, -0.05) is 15.9 Å². The molecule has 0 aliphatic carbocycles. The molecule has 0 radical (unpaired) electrons. The fourth-order valence-electron chi connectivity index (χ4n) is 1.44. The standard InChI is InChI=1S/C12H10BrF2N3O/c13-8-4-9(14)12(15)10(5-8)19-6-7-1-2-17-11(3-7)18-16/h1-5H,6,16H2,(H,17,18). The maximum atomic E-state index is 13.5. The van der Waals surface area contributed by atoms with E-state index < -0.39 is 11.6 Å². The Hall–Kier alpha value is -1.73. The maximum absolute atomic E-state index is 13.5. The van der Waals surface area contributed by atoms with Gasteiger partial charge in [-0.05, 0) is 29.8 Å². The number of hydrogen-bond donors (Lipinski definition) is 2. The van der Waals surface area contributed by atoms with E-state index >= 15 is 0 Å². The Morgan fingerprint density at radius 2 is 2.11 bits per heavy atom. The Balaban J connectivity index is 2.14. The van der Waals surface area contributed by atoms with Gasteiger partial charge in [0.1, 0.15) is 12.4 Å². The fourth-order valence-corrected chi connectivity index (χ4v) is 1.85. The average molecular weight is 330 g/mol. The number of rotatable bonds is 4. The van der Waals surface area contributed by atoms with Crippen LogP contribution in [0.25, 0.3) is 0 Å². The number of pyridine rings is 1. The number of anilines is 1. The third-order valence-electron chi connectivity index (χ3n) is 2.33. The summed E-state index contributed by atoms with van der Waals surface area (Å²) in [6, 6.07) is 5.73. The van der Waals surface area contributed by atoms with Crippen molar-refractivity contribution in [1.29, 1.82) is 0 Å². The van der Waals surface area contributed by atoms with Gasteiger partial charge in [0.05, 0.1) is 0 Å². The van der Waals surface area contributed by atoms with Crippen molar-refractivity contribution < 1.29 is 13.5 Å². The van der Waals surface area contributed by atoms with Crippen LogP contribution in [-0.2, 0) is 6.61 Å². The van der Waals surface area contributed by atoms with Crippen molar-refractivity contribution in [3.8, 4) is 5.75 Å². The molecule has 0 atom stereocenters. The van der Waals surface area contributed by atoms with Gasteiger partial charge in [-0.15, -0.1) is 0 Å². The Bertz CT molecular complexity index is 595. The van der Waals surface area contributed by atoms with Gasteiger partial charge in [-0.3, -0.25) is 0 Å². The molecule has 4 nitrogen and oxygen atoms in total. The van der Waals surface area contributed by atoms with Gasteiger partial charge in [-0.2, -0.15) is 4.39 Å². The molecule has 100 valence electrons. The van der Waals surface area contributed by atoms with Crippen LogP contribution >= 0.6 is 15.9 Å². The Kier molecular flexibility index (Phi) is 4.28. The van der Waals surface area contributed by atoms with Gasteiger partial charge in [-0.25, -0.2) is 15.2 Å². The predicted molar refractivity (Wildman–Crippen MR) is 70.4 cm³/mol. The number of halogens is 3. The highest BCUT2D eigenvalue weighted by Gasteiger charge is 2.11. The van der Waals surface area contributed by atoms with Crippen molar-refractivity contribution in [2.45, 2.75) is 6.61 Å². The van der Waals surface area contributed by atoms with E-state index in [1.54, 1.807) is 12.1 Å². The lowest BCUT2D eigenvalue weighted by atomic mass is 10.2. The minimum absolute atomic E-state index is 0.0734. The van der Waals surface area contributed by atoms with E-state index in [1.165, 1.54) is 12.3 Å². The zero-order valence-corrected chi connectivity index (χ0v) is 11.2. The topological polar surface area (TPSA) is 60.2 Å². The average Bonchev–Trinajstić information content (AvgIpc) is 2.41. The summed E-state index contributed by atoms with van der Waals surface area (Å²) in [5.74, 6) is 3.53. The second-order valence-corrected chi connectivity index (χ2v) is 4.60. The summed E-state index contributed by atoms with van der Waals surface area (Å²) in [5, 5.41) is 0. The van der Waals surface area contributed by atoms with Crippen LogP contribution in [0.1, 0.15) is 5.56 Å². The van der Waals surface area contributed by atoms with E-state index in [-0.39, 0.29) is 12.4 Å². The normalized spacial score (nSPS) is 10.3. The molecule has 19 heavy (non-hydrogen) atoms. The first-order valence-corrected chi connectivity index (χ1v) is 6.08. The summed E-state index contributed by atoms with van der Waals surface area (Å²) in [6.45, 7) is 0.0734. The molecule has 1 aromatic heterocycles. The van der Waals surface area contributed by atoms with E-state index in [1.807, 2.05) is 0 Å². The third kappa shape index (κ3) is 3.39. The van der Waals surface area contributed by atoms with Crippen LogP contribution in [0.3, 0.4) is 0 Å². The number of benzene rings is 1. The van der Waals surface area contributed by atoms with Gasteiger partial charge in [0.2, 0.25) is 5.82 Å². The van der Waals surface area contributed by atoms with Crippen molar-refractivity contribution in [2.24, 2.45) is 5.84 Å². The number of nitrogens with two attached hydrogens (primary N) is 1. The van der Waals surface area contributed by atoms with Gasteiger partial charge in [0.25, 0.3) is 0 Å². The zero-order valence-electron chi connectivity index (χ0n) is 9.66. The summed E-state index contributed by atoms with van der Waals surface area (Å²) in [6.07, 6.45) is 1.53. The van der Waals surface area contributed by atoms with Crippen molar-refractivity contribution in [1.82, 2.24) is 4.98 Å². The molecule has 3 N–H and O–H groups in total. The lowest BCUT2D eigenvalue weighted by Gasteiger charge is -2.09. The highest BCUT2D eigenvalue weighted by atomic mass is 79.9. The molecule has 2 rings (SSSR count). The SMILES string of the molecule is NNc1cc(COc2cc(Br)cc(F)c2F)ccn1. The fraction of sp³-hybridized carbons (Fsp3) is 0.0833. The van der Waals surface area contributed by atoms with E-state index in [2.05, 4.69) is 26.3 Å². The van der Waals surface area contributed by atoms with Gasteiger partial charge in [0, 0.05) is 10.7 Å². The monoisotopic (exact) mass is 329 g/mol. The molecule has 0 fully saturated rings. The molecule has 0 spiro atoms. The summed E-state index contributed by atoms with van der Waals surface area (Å²) >= 11 is 3.07. The van der Waals surface area contributed by atoms with Gasteiger partial charge >= 0.3 is 0 Å². The van der Waals surface area contributed by atoms with Crippen LogP contribution in [0.15, 0.2) is 34.9 Å². The van der Waals surface area contributed by atoms with E-state index in [4.69, 9.17) is 10.6 Å². The summed E-state index contributed by atoms with van der Waals surface area (Å²) in [7, 11) is 0. The number of hydrogen-bond acceptors (Lipinski definition) is 4. The van der Waals surface area contributed by atoms with E-state index in [9.17, 15) is 8.78 Å². The molecule has 2 aromatic rings. The zero-order chi connectivity index (χ0) is 13.8. The molecule has 0 saturated heterocycles. The Morgan fingerprint density at radius 3 is 2.84 bits per heavy atom. The number of nitrogen functional groups attached to an aromatic ring is 1. The highest BCUT2D eigenvalue weighted by molar-refractivity contribution is 9.10. The molecule has 0 aliphatic heterocycles. The quantitative estimate of drug-likeness (QED) is 0.514. The lowest BCUT2D eigenvalue weighted by Crippen LogP contribution is -2.09. The van der Waals surface area contributed by atoms with Gasteiger partial charge in [0.15, 0.2) is 11.6 Å². The van der Waals surface area contributed by atoms with Crippen molar-refractivity contribution >= 4 is 21.7 Å². The third-order valence-corrected chi connectivity index (χ3v) is 2.78. The summed E-state index contributed by atoms with van der Waals surface area (Å²) in [4.78, 5) is 3.93. The molecule has 0 saturated carbocycles. The summed E-state index contributed by atoms with van der Waals surface area (Å²) in [5.41, 5.74) is 3.11. The largest absolute Gasteiger partial charge is 0.486 e.